The first-order chi connectivity index (χ1) is 9.69. The van der Waals surface area contributed by atoms with E-state index in [0.717, 1.165) is 38.8 Å². The molecule has 3 saturated heterocycles. The number of carbonyl (C=O) groups is 2. The largest absolute Gasteiger partial charge is 0.356 e. The SMILES string of the molecule is CCNC(=O)C1CCN(C(=O)C2CC3CCC2N3)CC1. The Morgan fingerprint density at radius 2 is 1.95 bits per heavy atom. The molecule has 2 N–H and O–H groups in total. The lowest BCUT2D eigenvalue weighted by Gasteiger charge is -2.34. The number of piperidine rings is 1. The molecule has 3 heterocycles. The van der Waals surface area contributed by atoms with Gasteiger partial charge in [-0.05, 0) is 39.0 Å². The summed E-state index contributed by atoms with van der Waals surface area (Å²) in [6.45, 7) is 4.12. The summed E-state index contributed by atoms with van der Waals surface area (Å²) in [5.74, 6) is 0.757. The van der Waals surface area contributed by atoms with Crippen molar-refractivity contribution in [2.75, 3.05) is 19.6 Å². The number of hydrogen-bond acceptors (Lipinski definition) is 3. The van der Waals surface area contributed by atoms with Crippen molar-refractivity contribution in [3.05, 3.63) is 0 Å². The molecular formula is C15H25N3O2. The van der Waals surface area contributed by atoms with Gasteiger partial charge in [0.1, 0.15) is 0 Å². The zero-order valence-electron chi connectivity index (χ0n) is 12.2. The molecule has 2 amide bonds. The van der Waals surface area contributed by atoms with Crippen LogP contribution in [0.4, 0.5) is 0 Å². The van der Waals surface area contributed by atoms with E-state index < -0.39 is 0 Å². The van der Waals surface area contributed by atoms with Crippen molar-refractivity contribution in [2.24, 2.45) is 11.8 Å². The average Bonchev–Trinajstić information content (AvgIpc) is 3.09. The maximum absolute atomic E-state index is 12.6. The van der Waals surface area contributed by atoms with Crippen molar-refractivity contribution in [3.8, 4) is 0 Å². The third-order valence-electron chi connectivity index (χ3n) is 5.15. The number of amides is 2. The summed E-state index contributed by atoms with van der Waals surface area (Å²) in [5.41, 5.74) is 0. The van der Waals surface area contributed by atoms with Crippen molar-refractivity contribution >= 4 is 11.8 Å². The first-order valence-corrected chi connectivity index (χ1v) is 8.01. The number of nitrogens with zero attached hydrogens (tertiary/aromatic N) is 1. The summed E-state index contributed by atoms with van der Waals surface area (Å²) in [6.07, 6.45) is 5.02. The van der Waals surface area contributed by atoms with Crippen molar-refractivity contribution in [1.82, 2.24) is 15.5 Å². The van der Waals surface area contributed by atoms with Gasteiger partial charge >= 0.3 is 0 Å². The minimum Gasteiger partial charge on any atom is -0.356 e. The molecule has 20 heavy (non-hydrogen) atoms. The normalized spacial score (nSPS) is 33.5. The minimum absolute atomic E-state index is 0.0946. The highest BCUT2D eigenvalue weighted by atomic mass is 16.2. The average molecular weight is 279 g/mol. The number of rotatable bonds is 3. The van der Waals surface area contributed by atoms with E-state index >= 15 is 0 Å². The molecule has 3 aliphatic heterocycles. The fourth-order valence-corrected chi connectivity index (χ4v) is 4.01. The lowest BCUT2D eigenvalue weighted by molar-refractivity contribution is -0.139. The molecule has 5 nitrogen and oxygen atoms in total. The molecule has 0 spiro atoms. The van der Waals surface area contributed by atoms with Crippen LogP contribution < -0.4 is 10.6 Å². The zero-order chi connectivity index (χ0) is 14.1. The van der Waals surface area contributed by atoms with E-state index in [2.05, 4.69) is 10.6 Å². The topological polar surface area (TPSA) is 61.4 Å². The van der Waals surface area contributed by atoms with Gasteiger partial charge in [-0.15, -0.1) is 0 Å². The van der Waals surface area contributed by atoms with Crippen molar-refractivity contribution in [3.63, 3.8) is 0 Å². The van der Waals surface area contributed by atoms with Crippen LogP contribution >= 0.6 is 0 Å². The summed E-state index contributed by atoms with van der Waals surface area (Å²) < 4.78 is 0. The molecule has 2 bridgehead atoms. The fraction of sp³-hybridized carbons (Fsp3) is 0.867. The molecule has 0 saturated carbocycles. The van der Waals surface area contributed by atoms with Gasteiger partial charge in [0.25, 0.3) is 0 Å². The molecular weight excluding hydrogens is 254 g/mol. The molecule has 0 aromatic heterocycles. The van der Waals surface area contributed by atoms with Crippen LogP contribution in [0.5, 0.6) is 0 Å². The van der Waals surface area contributed by atoms with Crippen molar-refractivity contribution in [1.29, 1.82) is 0 Å². The summed E-state index contributed by atoms with van der Waals surface area (Å²) >= 11 is 0. The van der Waals surface area contributed by atoms with Crippen LogP contribution in [0.15, 0.2) is 0 Å². The van der Waals surface area contributed by atoms with Crippen LogP contribution in [0.2, 0.25) is 0 Å². The van der Waals surface area contributed by atoms with E-state index in [-0.39, 0.29) is 17.7 Å². The fourth-order valence-electron chi connectivity index (χ4n) is 4.01. The van der Waals surface area contributed by atoms with Crippen LogP contribution in [0.1, 0.15) is 39.0 Å². The Kier molecular flexibility index (Phi) is 3.96. The molecule has 5 heteroatoms. The predicted molar refractivity (Wildman–Crippen MR) is 76.0 cm³/mol. The first kappa shape index (κ1) is 13.9. The second kappa shape index (κ2) is 5.72. The van der Waals surface area contributed by atoms with Crippen LogP contribution in [-0.2, 0) is 9.59 Å². The van der Waals surface area contributed by atoms with Gasteiger partial charge < -0.3 is 15.5 Å². The van der Waals surface area contributed by atoms with Gasteiger partial charge in [0.2, 0.25) is 11.8 Å². The molecule has 3 aliphatic rings. The summed E-state index contributed by atoms with van der Waals surface area (Å²) in [4.78, 5) is 26.4. The van der Waals surface area contributed by atoms with Gasteiger partial charge in [0, 0.05) is 37.6 Å². The van der Waals surface area contributed by atoms with Crippen molar-refractivity contribution in [2.45, 2.75) is 51.1 Å². The highest BCUT2D eigenvalue weighted by Gasteiger charge is 2.44. The van der Waals surface area contributed by atoms with Crippen molar-refractivity contribution < 1.29 is 9.59 Å². The Morgan fingerprint density at radius 1 is 1.20 bits per heavy atom. The van der Waals surface area contributed by atoms with Gasteiger partial charge in [-0.1, -0.05) is 0 Å². The number of likely N-dealkylation sites (tertiary alicyclic amines) is 1. The van der Waals surface area contributed by atoms with E-state index in [1.54, 1.807) is 0 Å². The molecule has 0 radical (unpaired) electrons. The molecule has 3 unspecified atom stereocenters. The number of nitrogens with one attached hydrogen (secondary N) is 2. The van der Waals surface area contributed by atoms with E-state index in [1.807, 2.05) is 11.8 Å². The van der Waals surface area contributed by atoms with Crippen LogP contribution in [0, 0.1) is 11.8 Å². The molecule has 3 atom stereocenters. The van der Waals surface area contributed by atoms with Gasteiger partial charge in [0.05, 0.1) is 5.92 Å². The van der Waals surface area contributed by atoms with E-state index in [1.165, 1.54) is 6.42 Å². The van der Waals surface area contributed by atoms with Crippen LogP contribution in [0.25, 0.3) is 0 Å². The summed E-state index contributed by atoms with van der Waals surface area (Å²) in [6, 6.07) is 0.982. The zero-order valence-corrected chi connectivity index (χ0v) is 12.2. The third-order valence-corrected chi connectivity index (χ3v) is 5.15. The maximum atomic E-state index is 12.6. The quantitative estimate of drug-likeness (QED) is 0.791. The molecule has 0 aromatic carbocycles. The molecule has 112 valence electrons. The summed E-state index contributed by atoms with van der Waals surface area (Å²) in [7, 11) is 0. The lowest BCUT2D eigenvalue weighted by Crippen LogP contribution is -2.47. The Bertz CT molecular complexity index is 391. The van der Waals surface area contributed by atoms with E-state index in [0.29, 0.717) is 24.5 Å². The third kappa shape index (κ3) is 2.55. The van der Waals surface area contributed by atoms with Gasteiger partial charge in [-0.3, -0.25) is 9.59 Å². The second-order valence-corrected chi connectivity index (χ2v) is 6.38. The smallest absolute Gasteiger partial charge is 0.227 e. The second-order valence-electron chi connectivity index (χ2n) is 6.38. The predicted octanol–water partition coefficient (Wildman–Crippen LogP) is 0.502. The first-order valence-electron chi connectivity index (χ1n) is 8.01. The Balaban J connectivity index is 1.51. The highest BCUT2D eigenvalue weighted by Crippen LogP contribution is 2.35. The Hall–Kier alpha value is -1.10. The Labute approximate surface area is 120 Å². The maximum Gasteiger partial charge on any atom is 0.227 e. The molecule has 3 fully saturated rings. The highest BCUT2D eigenvalue weighted by molar-refractivity contribution is 5.82. The van der Waals surface area contributed by atoms with Gasteiger partial charge in [-0.25, -0.2) is 0 Å². The van der Waals surface area contributed by atoms with Gasteiger partial charge in [0.15, 0.2) is 0 Å². The lowest BCUT2D eigenvalue weighted by atomic mass is 9.87. The number of carbonyl (C=O) groups excluding carboxylic acids is 2. The number of hydrogen-bond donors (Lipinski definition) is 2. The molecule has 0 aromatic rings. The molecule has 0 aliphatic carbocycles. The standard InChI is InChI=1S/C15H25N3O2/c1-2-16-14(19)10-5-7-18(8-6-10)15(20)12-9-11-3-4-13(12)17-11/h10-13,17H,2-9H2,1H3,(H,16,19). The minimum atomic E-state index is 0.0946. The van der Waals surface area contributed by atoms with Gasteiger partial charge in [-0.2, -0.15) is 0 Å². The van der Waals surface area contributed by atoms with Crippen LogP contribution in [-0.4, -0.2) is 48.4 Å². The molecule has 3 rings (SSSR count). The Morgan fingerprint density at radius 3 is 2.50 bits per heavy atom. The van der Waals surface area contributed by atoms with Crippen LogP contribution in [0.3, 0.4) is 0 Å². The van der Waals surface area contributed by atoms with E-state index in [9.17, 15) is 9.59 Å². The monoisotopic (exact) mass is 279 g/mol. The number of fused-ring (bicyclic) bond motifs is 2. The summed E-state index contributed by atoms with van der Waals surface area (Å²) in [5, 5.41) is 6.41. The van der Waals surface area contributed by atoms with E-state index in [4.69, 9.17) is 0 Å².